The van der Waals surface area contributed by atoms with Gasteiger partial charge in [-0.15, -0.1) is 0 Å². The molecule has 0 aliphatic carbocycles. The predicted octanol–water partition coefficient (Wildman–Crippen LogP) is 3.18. The van der Waals surface area contributed by atoms with Crippen LogP contribution in [-0.2, 0) is 9.53 Å². The van der Waals surface area contributed by atoms with Crippen LogP contribution in [0.2, 0.25) is 0 Å². The second-order valence-corrected chi connectivity index (χ2v) is 6.64. The van der Waals surface area contributed by atoms with Crippen molar-refractivity contribution in [2.75, 3.05) is 25.8 Å². The number of ether oxygens (including phenoxy) is 4. The first-order valence-electron chi connectivity index (χ1n) is 8.14. The summed E-state index contributed by atoms with van der Waals surface area (Å²) in [5.41, 5.74) is 0.962. The van der Waals surface area contributed by atoms with Crippen LogP contribution in [0.1, 0.15) is 27.6 Å². The van der Waals surface area contributed by atoms with E-state index in [9.17, 15) is 14.4 Å². The summed E-state index contributed by atoms with van der Waals surface area (Å²) in [6.45, 7) is 1.15. The lowest BCUT2D eigenvalue weighted by molar-refractivity contribution is -0.118. The van der Waals surface area contributed by atoms with E-state index in [4.69, 9.17) is 14.2 Å². The minimum Gasteiger partial charge on any atom is -0.483 e. The first-order chi connectivity index (χ1) is 13.4. The summed E-state index contributed by atoms with van der Waals surface area (Å²) in [5.74, 6) is 0.0993. The zero-order valence-corrected chi connectivity index (χ0v) is 16.6. The number of carbonyl (C=O) groups is 3. The molecule has 28 heavy (non-hydrogen) atoms. The number of amides is 1. The summed E-state index contributed by atoms with van der Waals surface area (Å²) in [6, 6.07) is 7.67. The summed E-state index contributed by atoms with van der Waals surface area (Å²) < 4.78 is 21.2. The molecule has 0 aromatic heterocycles. The highest BCUT2D eigenvalue weighted by Crippen LogP contribution is 2.37. The molecular formula is C19H16BrNO7. The van der Waals surface area contributed by atoms with Crippen molar-refractivity contribution in [1.29, 1.82) is 0 Å². The number of hydrogen-bond acceptors (Lipinski definition) is 7. The van der Waals surface area contributed by atoms with Crippen molar-refractivity contribution >= 4 is 39.3 Å². The first kappa shape index (κ1) is 19.7. The Labute approximate surface area is 168 Å². The zero-order valence-electron chi connectivity index (χ0n) is 15.0. The van der Waals surface area contributed by atoms with Crippen LogP contribution >= 0.6 is 15.9 Å². The van der Waals surface area contributed by atoms with Crippen molar-refractivity contribution in [3.05, 3.63) is 45.9 Å². The fourth-order valence-corrected chi connectivity index (χ4v) is 3.02. The lowest BCUT2D eigenvalue weighted by atomic mass is 10.1. The molecule has 0 saturated carbocycles. The number of carbonyl (C=O) groups excluding carboxylic acids is 3. The van der Waals surface area contributed by atoms with Gasteiger partial charge in [0.1, 0.15) is 5.75 Å². The molecule has 9 heteroatoms. The number of anilines is 1. The van der Waals surface area contributed by atoms with E-state index in [1.165, 1.54) is 38.3 Å². The maximum absolute atomic E-state index is 12.3. The van der Waals surface area contributed by atoms with Crippen LogP contribution in [0.3, 0.4) is 0 Å². The molecule has 1 N–H and O–H groups in total. The van der Waals surface area contributed by atoms with E-state index in [2.05, 4.69) is 26.0 Å². The molecule has 0 atom stereocenters. The second-order valence-electron chi connectivity index (χ2n) is 5.78. The third-order valence-corrected chi connectivity index (χ3v) is 4.50. The number of fused-ring (bicyclic) bond motifs is 1. The highest BCUT2D eigenvalue weighted by Gasteiger charge is 2.20. The maximum atomic E-state index is 12.3. The fraction of sp³-hybridized carbons (Fsp3) is 0.211. The molecule has 2 aromatic carbocycles. The Kier molecular flexibility index (Phi) is 5.84. The van der Waals surface area contributed by atoms with Gasteiger partial charge in [-0.3, -0.25) is 9.59 Å². The first-order valence-corrected chi connectivity index (χ1v) is 8.93. The highest BCUT2D eigenvalue weighted by atomic mass is 79.9. The predicted molar refractivity (Wildman–Crippen MR) is 102 cm³/mol. The Morgan fingerprint density at radius 2 is 1.86 bits per heavy atom. The molecule has 1 amide bonds. The van der Waals surface area contributed by atoms with Gasteiger partial charge in [0.15, 0.2) is 23.9 Å². The lowest BCUT2D eigenvalue weighted by Crippen LogP contribution is -2.21. The van der Waals surface area contributed by atoms with Gasteiger partial charge in [0.25, 0.3) is 5.91 Å². The van der Waals surface area contributed by atoms with Crippen LogP contribution in [0.4, 0.5) is 5.69 Å². The molecule has 1 aliphatic heterocycles. The SMILES string of the molecule is COC(=O)c1ccc(OCC(=O)Nc2cc3c(cc2C(C)=O)OCO3)c(Br)c1. The van der Waals surface area contributed by atoms with Gasteiger partial charge >= 0.3 is 5.97 Å². The van der Waals surface area contributed by atoms with E-state index in [0.29, 0.717) is 38.5 Å². The Balaban J connectivity index is 1.68. The summed E-state index contributed by atoms with van der Waals surface area (Å²) >= 11 is 3.29. The van der Waals surface area contributed by atoms with Crippen LogP contribution in [0, 0.1) is 0 Å². The van der Waals surface area contributed by atoms with Gasteiger partial charge in [0.05, 0.1) is 22.8 Å². The Morgan fingerprint density at radius 3 is 2.50 bits per heavy atom. The van der Waals surface area contributed by atoms with Crippen molar-refractivity contribution in [2.24, 2.45) is 0 Å². The molecule has 0 saturated heterocycles. The van der Waals surface area contributed by atoms with E-state index in [0.717, 1.165) is 0 Å². The molecule has 146 valence electrons. The van der Waals surface area contributed by atoms with Crippen LogP contribution in [0.25, 0.3) is 0 Å². The van der Waals surface area contributed by atoms with Crippen LogP contribution in [0.15, 0.2) is 34.8 Å². The number of nitrogens with one attached hydrogen (secondary N) is 1. The molecule has 0 fully saturated rings. The molecule has 8 nitrogen and oxygen atoms in total. The van der Waals surface area contributed by atoms with E-state index in [-0.39, 0.29) is 19.2 Å². The summed E-state index contributed by atoms with van der Waals surface area (Å²) in [6.07, 6.45) is 0. The fourth-order valence-electron chi connectivity index (χ4n) is 2.53. The van der Waals surface area contributed by atoms with Crippen LogP contribution in [0.5, 0.6) is 17.2 Å². The second kappa shape index (κ2) is 8.30. The minimum atomic E-state index is -0.482. The van der Waals surface area contributed by atoms with Gasteiger partial charge in [0.2, 0.25) is 6.79 Å². The standard InChI is InChI=1S/C19H16BrNO7/c1-10(22)12-6-16-17(28-9-27-16)7-14(12)21-18(23)8-26-15-4-3-11(5-13(15)20)19(24)25-2/h3-7H,8-9H2,1-2H3,(H,21,23). The van der Waals surface area contributed by atoms with Gasteiger partial charge in [-0.2, -0.15) is 0 Å². The molecular weight excluding hydrogens is 434 g/mol. The van der Waals surface area contributed by atoms with Gasteiger partial charge in [-0.05, 0) is 47.1 Å². The monoisotopic (exact) mass is 449 g/mol. The number of methoxy groups -OCH3 is 1. The van der Waals surface area contributed by atoms with Gasteiger partial charge in [-0.1, -0.05) is 0 Å². The molecule has 2 aromatic rings. The average molecular weight is 450 g/mol. The van der Waals surface area contributed by atoms with E-state index in [1.807, 2.05) is 0 Å². The topological polar surface area (TPSA) is 100 Å². The molecule has 1 heterocycles. The Morgan fingerprint density at radius 1 is 1.14 bits per heavy atom. The summed E-state index contributed by atoms with van der Waals surface area (Å²) in [7, 11) is 1.29. The quantitative estimate of drug-likeness (QED) is 0.533. The third kappa shape index (κ3) is 4.25. The lowest BCUT2D eigenvalue weighted by Gasteiger charge is -2.12. The summed E-state index contributed by atoms with van der Waals surface area (Å²) in [4.78, 5) is 35.7. The number of benzene rings is 2. The van der Waals surface area contributed by atoms with Crippen molar-refractivity contribution in [3.8, 4) is 17.2 Å². The normalized spacial score (nSPS) is 11.7. The van der Waals surface area contributed by atoms with Gasteiger partial charge in [-0.25, -0.2) is 4.79 Å². The minimum absolute atomic E-state index is 0.0583. The molecule has 0 radical (unpaired) electrons. The molecule has 0 spiro atoms. The Bertz CT molecular complexity index is 958. The van der Waals surface area contributed by atoms with Crippen molar-refractivity contribution < 1.29 is 33.3 Å². The van der Waals surface area contributed by atoms with Crippen molar-refractivity contribution in [2.45, 2.75) is 6.92 Å². The van der Waals surface area contributed by atoms with Gasteiger partial charge < -0.3 is 24.3 Å². The molecule has 0 bridgehead atoms. The number of halogens is 1. The maximum Gasteiger partial charge on any atom is 0.337 e. The number of hydrogen-bond donors (Lipinski definition) is 1. The van der Waals surface area contributed by atoms with Crippen LogP contribution < -0.4 is 19.5 Å². The van der Waals surface area contributed by atoms with E-state index >= 15 is 0 Å². The summed E-state index contributed by atoms with van der Waals surface area (Å²) in [5, 5.41) is 2.64. The zero-order chi connectivity index (χ0) is 20.3. The van der Waals surface area contributed by atoms with Crippen LogP contribution in [-0.4, -0.2) is 38.2 Å². The number of esters is 1. The smallest absolute Gasteiger partial charge is 0.337 e. The molecule has 1 aliphatic rings. The van der Waals surface area contributed by atoms with Crippen molar-refractivity contribution in [1.82, 2.24) is 0 Å². The van der Waals surface area contributed by atoms with E-state index < -0.39 is 11.9 Å². The molecule has 0 unspecified atom stereocenters. The van der Waals surface area contributed by atoms with E-state index in [1.54, 1.807) is 6.07 Å². The largest absolute Gasteiger partial charge is 0.483 e. The number of rotatable bonds is 6. The highest BCUT2D eigenvalue weighted by molar-refractivity contribution is 9.10. The average Bonchev–Trinajstić information content (AvgIpc) is 3.13. The van der Waals surface area contributed by atoms with Crippen molar-refractivity contribution in [3.63, 3.8) is 0 Å². The van der Waals surface area contributed by atoms with Gasteiger partial charge in [0, 0.05) is 11.6 Å². The molecule has 3 rings (SSSR count). The third-order valence-electron chi connectivity index (χ3n) is 3.88. The number of ketones is 1. The number of Topliss-reactive ketones (excluding diaryl/α,β-unsaturated/α-hetero) is 1. The Hall–Kier alpha value is -3.07.